The Morgan fingerprint density at radius 1 is 1.23 bits per heavy atom. The van der Waals surface area contributed by atoms with E-state index in [1.165, 1.54) is 5.69 Å². The smallest absolute Gasteiger partial charge is 0.101 e. The van der Waals surface area contributed by atoms with Gasteiger partial charge in [-0.25, -0.2) is 0 Å². The summed E-state index contributed by atoms with van der Waals surface area (Å²) >= 11 is 0. The lowest BCUT2D eigenvalue weighted by Crippen LogP contribution is -2.02. The second kappa shape index (κ2) is 10.6. The third-order valence-corrected chi connectivity index (χ3v) is 3.17. The van der Waals surface area contributed by atoms with Gasteiger partial charge in [0, 0.05) is 30.8 Å². The van der Waals surface area contributed by atoms with Crippen LogP contribution in [0, 0.1) is 18.3 Å². The molecule has 0 spiro atoms. The van der Waals surface area contributed by atoms with Crippen molar-refractivity contribution in [3.8, 4) is 6.07 Å². The summed E-state index contributed by atoms with van der Waals surface area (Å²) in [4.78, 5) is 4.12. The molecule has 0 aliphatic carbocycles. The maximum Gasteiger partial charge on any atom is 0.101 e. The van der Waals surface area contributed by atoms with Crippen molar-refractivity contribution in [2.75, 3.05) is 0 Å². The Kier molecular flexibility index (Phi) is 9.61. The number of aromatic nitrogens is 2. The van der Waals surface area contributed by atoms with E-state index in [1.807, 2.05) is 52.2 Å². The number of hydrogen-bond acceptors (Lipinski definition) is 2. The van der Waals surface area contributed by atoms with Gasteiger partial charge < -0.3 is 4.57 Å². The molecular formula is C19H29N3. The summed E-state index contributed by atoms with van der Waals surface area (Å²) in [6.45, 7) is 15.1. The van der Waals surface area contributed by atoms with Gasteiger partial charge in [-0.2, -0.15) is 5.26 Å². The highest BCUT2D eigenvalue weighted by Crippen LogP contribution is 2.25. The van der Waals surface area contributed by atoms with E-state index in [-0.39, 0.29) is 0 Å². The van der Waals surface area contributed by atoms with Crippen LogP contribution in [0.25, 0.3) is 0 Å². The third-order valence-electron chi connectivity index (χ3n) is 3.17. The van der Waals surface area contributed by atoms with Gasteiger partial charge in [-0.3, -0.25) is 4.98 Å². The zero-order valence-corrected chi connectivity index (χ0v) is 15.0. The lowest BCUT2D eigenvalue weighted by Gasteiger charge is -2.09. The predicted molar refractivity (Wildman–Crippen MR) is 94.0 cm³/mol. The highest BCUT2D eigenvalue weighted by Gasteiger charge is 2.15. The van der Waals surface area contributed by atoms with Crippen LogP contribution in [0.1, 0.15) is 69.8 Å². The Hall–Kier alpha value is -2.08. The Morgan fingerprint density at radius 3 is 2.27 bits per heavy atom. The van der Waals surface area contributed by atoms with Crippen LogP contribution in [0.2, 0.25) is 0 Å². The van der Waals surface area contributed by atoms with Crippen molar-refractivity contribution in [3.05, 3.63) is 53.1 Å². The lowest BCUT2D eigenvalue weighted by atomic mass is 10.00. The van der Waals surface area contributed by atoms with E-state index in [0.29, 0.717) is 5.92 Å². The van der Waals surface area contributed by atoms with Gasteiger partial charge in [-0.1, -0.05) is 47.6 Å². The number of rotatable bonds is 3. The Morgan fingerprint density at radius 2 is 1.86 bits per heavy atom. The molecule has 0 atom stereocenters. The van der Waals surface area contributed by atoms with Crippen LogP contribution in [-0.4, -0.2) is 9.55 Å². The number of pyridine rings is 1. The van der Waals surface area contributed by atoms with E-state index in [0.717, 1.165) is 23.2 Å². The van der Waals surface area contributed by atoms with Gasteiger partial charge in [0.25, 0.3) is 0 Å². The normalized spacial score (nSPS) is 9.23. The summed E-state index contributed by atoms with van der Waals surface area (Å²) in [5, 5.41) is 9.20. The highest BCUT2D eigenvalue weighted by molar-refractivity contribution is 5.43. The summed E-state index contributed by atoms with van der Waals surface area (Å²) in [5.74, 6) is 0.370. The van der Waals surface area contributed by atoms with E-state index in [1.54, 1.807) is 6.20 Å². The molecule has 0 N–H and O–H groups in total. The molecule has 3 heteroatoms. The summed E-state index contributed by atoms with van der Waals surface area (Å²) in [5.41, 5.74) is 4.26. The van der Waals surface area contributed by atoms with Crippen LogP contribution in [0.3, 0.4) is 0 Å². The number of hydrogen-bond donors (Lipinski definition) is 0. The quantitative estimate of drug-likeness (QED) is 0.773. The minimum absolute atomic E-state index is 0.370. The van der Waals surface area contributed by atoms with Crippen molar-refractivity contribution in [1.82, 2.24) is 9.55 Å². The van der Waals surface area contributed by atoms with Gasteiger partial charge >= 0.3 is 0 Å². The second-order valence-electron chi connectivity index (χ2n) is 4.80. The highest BCUT2D eigenvalue weighted by atomic mass is 15.0. The molecule has 0 bridgehead atoms. The first-order valence-corrected chi connectivity index (χ1v) is 8.12. The van der Waals surface area contributed by atoms with Crippen molar-refractivity contribution in [3.63, 3.8) is 0 Å². The first-order valence-electron chi connectivity index (χ1n) is 8.12. The molecule has 2 heterocycles. The molecule has 120 valence electrons. The second-order valence-corrected chi connectivity index (χ2v) is 4.80. The Labute approximate surface area is 135 Å². The monoisotopic (exact) mass is 299 g/mol. The van der Waals surface area contributed by atoms with E-state index in [4.69, 9.17) is 0 Å². The largest absolute Gasteiger partial charge is 0.346 e. The summed E-state index contributed by atoms with van der Waals surface area (Å²) < 4.78 is 2.13. The standard InChI is InChI=1S/C15H17N3.2C2H6/c1-11(2)15-12(3)18(10-14(15)7-16)9-13-5-4-6-17-8-13;2*1-2/h4-6,8,10-11H,9H2,1-3H3;2*1-2H3. The lowest BCUT2D eigenvalue weighted by molar-refractivity contribution is 0.753. The fourth-order valence-electron chi connectivity index (χ4n) is 2.34. The summed E-state index contributed by atoms with van der Waals surface area (Å²) in [7, 11) is 0. The zero-order chi connectivity index (χ0) is 17.1. The Bertz CT molecular complexity index is 575. The average molecular weight is 299 g/mol. The number of nitrogens with zero attached hydrogens (tertiary/aromatic N) is 3. The van der Waals surface area contributed by atoms with Crippen LogP contribution in [0.15, 0.2) is 30.7 Å². The first kappa shape index (κ1) is 19.9. The van der Waals surface area contributed by atoms with Gasteiger partial charge in [0.1, 0.15) is 6.07 Å². The molecule has 0 aromatic carbocycles. The minimum Gasteiger partial charge on any atom is -0.346 e. The van der Waals surface area contributed by atoms with Crippen LogP contribution in [-0.2, 0) is 6.54 Å². The maximum absolute atomic E-state index is 9.20. The van der Waals surface area contributed by atoms with Gasteiger partial charge in [0.2, 0.25) is 0 Å². The van der Waals surface area contributed by atoms with Gasteiger partial charge in [0.15, 0.2) is 0 Å². The molecule has 3 nitrogen and oxygen atoms in total. The molecule has 2 rings (SSSR count). The van der Waals surface area contributed by atoms with E-state index in [2.05, 4.69) is 36.4 Å². The van der Waals surface area contributed by atoms with Gasteiger partial charge in [-0.15, -0.1) is 0 Å². The molecular weight excluding hydrogens is 270 g/mol. The van der Waals surface area contributed by atoms with Crippen LogP contribution in [0.4, 0.5) is 0 Å². The molecule has 2 aromatic rings. The SMILES string of the molecule is CC.CC.Cc1c(C(C)C)c(C#N)cn1Cc1cccnc1. The summed E-state index contributed by atoms with van der Waals surface area (Å²) in [6.07, 6.45) is 5.57. The van der Waals surface area contributed by atoms with Crippen LogP contribution >= 0.6 is 0 Å². The topological polar surface area (TPSA) is 41.6 Å². The molecule has 2 aromatic heterocycles. The van der Waals surface area contributed by atoms with Gasteiger partial charge in [-0.05, 0) is 30.0 Å². The Balaban J connectivity index is 0.00000102. The molecule has 0 aliphatic rings. The fraction of sp³-hybridized carbons (Fsp3) is 0.474. The third kappa shape index (κ3) is 5.04. The van der Waals surface area contributed by atoms with E-state index >= 15 is 0 Å². The van der Waals surface area contributed by atoms with Crippen molar-refractivity contribution < 1.29 is 0 Å². The molecule has 0 amide bonds. The average Bonchev–Trinajstić information content (AvgIpc) is 2.88. The molecule has 0 saturated heterocycles. The van der Waals surface area contributed by atoms with E-state index < -0.39 is 0 Å². The minimum atomic E-state index is 0.370. The van der Waals surface area contributed by atoms with Crippen molar-refractivity contribution in [2.24, 2.45) is 0 Å². The van der Waals surface area contributed by atoms with Gasteiger partial charge in [0.05, 0.1) is 5.56 Å². The summed E-state index contributed by atoms with van der Waals surface area (Å²) in [6, 6.07) is 6.27. The fourth-order valence-corrected chi connectivity index (χ4v) is 2.34. The van der Waals surface area contributed by atoms with Crippen molar-refractivity contribution >= 4 is 0 Å². The predicted octanol–water partition coefficient (Wildman–Crippen LogP) is 5.29. The van der Waals surface area contributed by atoms with Crippen LogP contribution in [0.5, 0.6) is 0 Å². The molecule has 0 fully saturated rings. The molecule has 0 radical (unpaired) electrons. The first-order chi connectivity index (χ1) is 10.6. The maximum atomic E-state index is 9.20. The van der Waals surface area contributed by atoms with Crippen LogP contribution < -0.4 is 0 Å². The molecule has 0 aliphatic heterocycles. The zero-order valence-electron chi connectivity index (χ0n) is 15.0. The van der Waals surface area contributed by atoms with Crippen molar-refractivity contribution in [1.29, 1.82) is 5.26 Å². The molecule has 22 heavy (non-hydrogen) atoms. The van der Waals surface area contributed by atoms with E-state index in [9.17, 15) is 5.26 Å². The molecule has 0 unspecified atom stereocenters. The van der Waals surface area contributed by atoms with Crippen molar-refractivity contribution in [2.45, 2.75) is 60.9 Å². The molecule has 0 saturated carbocycles. The number of nitriles is 1.